The van der Waals surface area contributed by atoms with E-state index in [-0.39, 0.29) is 11.4 Å². The van der Waals surface area contributed by atoms with Crippen LogP contribution in [0.5, 0.6) is 0 Å². The van der Waals surface area contributed by atoms with Crippen molar-refractivity contribution in [3.8, 4) is 0 Å². The van der Waals surface area contributed by atoms with E-state index in [0.717, 1.165) is 6.07 Å². The molecule has 0 aliphatic heterocycles. The molecule has 7 heteroatoms. The highest BCUT2D eigenvalue weighted by atomic mass is 32.2. The number of halogens is 1. The largest absolute Gasteiger partial charge is 0.397 e. The highest BCUT2D eigenvalue weighted by Gasteiger charge is 2.21. The first kappa shape index (κ1) is 15.7. The van der Waals surface area contributed by atoms with Gasteiger partial charge in [0.1, 0.15) is 5.82 Å². The highest BCUT2D eigenvalue weighted by molar-refractivity contribution is 7.90. The van der Waals surface area contributed by atoms with Gasteiger partial charge < -0.3 is 5.73 Å². The molecule has 19 heavy (non-hydrogen) atoms. The first-order valence-electron chi connectivity index (χ1n) is 6.23. The average Bonchev–Trinajstić information content (AvgIpc) is 2.33. The van der Waals surface area contributed by atoms with Crippen LogP contribution in [0.25, 0.3) is 0 Å². The van der Waals surface area contributed by atoms with Gasteiger partial charge in [-0.25, -0.2) is 4.39 Å². The molecule has 1 rings (SSSR count). The Morgan fingerprint density at radius 2 is 1.84 bits per heavy atom. The second-order valence-electron chi connectivity index (χ2n) is 4.24. The maximum atomic E-state index is 13.1. The summed E-state index contributed by atoms with van der Waals surface area (Å²) in [7, 11) is -3.70. The van der Waals surface area contributed by atoms with Gasteiger partial charge in [0.15, 0.2) is 0 Å². The Labute approximate surface area is 113 Å². The minimum Gasteiger partial charge on any atom is -0.397 e. The molecule has 0 aliphatic rings. The predicted octanol–water partition coefficient (Wildman–Crippen LogP) is 2.19. The molecule has 0 atom stereocenters. The second-order valence-corrected chi connectivity index (χ2v) is 5.91. The lowest BCUT2D eigenvalue weighted by atomic mass is 10.3. The molecule has 0 spiro atoms. The maximum Gasteiger partial charge on any atom is 0.301 e. The van der Waals surface area contributed by atoms with Crippen molar-refractivity contribution in [1.82, 2.24) is 4.31 Å². The Balaban J connectivity index is 2.96. The van der Waals surface area contributed by atoms with Crippen LogP contribution in [-0.4, -0.2) is 25.8 Å². The minimum absolute atomic E-state index is 0.0669. The lowest BCUT2D eigenvalue weighted by Crippen LogP contribution is -2.37. The van der Waals surface area contributed by atoms with Crippen LogP contribution in [0.4, 0.5) is 15.8 Å². The summed E-state index contributed by atoms with van der Waals surface area (Å²) in [5.41, 5.74) is 5.89. The molecule has 0 amide bonds. The van der Waals surface area contributed by atoms with Crippen LogP contribution in [0.15, 0.2) is 18.2 Å². The summed E-state index contributed by atoms with van der Waals surface area (Å²) < 4.78 is 41.1. The summed E-state index contributed by atoms with van der Waals surface area (Å²) in [5.74, 6) is -0.538. The fourth-order valence-corrected chi connectivity index (χ4v) is 3.10. The SMILES string of the molecule is CCCN(CCC)S(=O)(=O)Nc1cc(F)ccc1N. The van der Waals surface area contributed by atoms with E-state index in [1.54, 1.807) is 0 Å². The van der Waals surface area contributed by atoms with E-state index in [4.69, 9.17) is 5.73 Å². The molecule has 0 bridgehead atoms. The zero-order valence-electron chi connectivity index (χ0n) is 11.2. The monoisotopic (exact) mass is 289 g/mol. The van der Waals surface area contributed by atoms with E-state index in [1.807, 2.05) is 13.8 Å². The lowest BCUT2D eigenvalue weighted by molar-refractivity contribution is 0.413. The fraction of sp³-hybridized carbons (Fsp3) is 0.500. The molecule has 5 nitrogen and oxygen atoms in total. The van der Waals surface area contributed by atoms with Crippen LogP contribution in [0.1, 0.15) is 26.7 Å². The van der Waals surface area contributed by atoms with Gasteiger partial charge in [0.05, 0.1) is 11.4 Å². The van der Waals surface area contributed by atoms with Gasteiger partial charge in [-0.3, -0.25) is 4.72 Å². The number of hydrogen-bond donors (Lipinski definition) is 2. The van der Waals surface area contributed by atoms with Crippen LogP contribution in [0.2, 0.25) is 0 Å². The van der Waals surface area contributed by atoms with Crippen LogP contribution in [0.3, 0.4) is 0 Å². The number of benzene rings is 1. The number of anilines is 2. The molecule has 108 valence electrons. The Bertz CT molecular complexity index is 514. The van der Waals surface area contributed by atoms with Crippen molar-refractivity contribution >= 4 is 21.6 Å². The van der Waals surface area contributed by atoms with E-state index < -0.39 is 16.0 Å². The summed E-state index contributed by atoms with van der Waals surface area (Å²) >= 11 is 0. The summed E-state index contributed by atoms with van der Waals surface area (Å²) in [4.78, 5) is 0. The molecule has 1 aromatic rings. The van der Waals surface area contributed by atoms with Crippen molar-refractivity contribution in [3.63, 3.8) is 0 Å². The first-order valence-corrected chi connectivity index (χ1v) is 7.67. The lowest BCUT2D eigenvalue weighted by Gasteiger charge is -2.22. The number of nitrogens with one attached hydrogen (secondary N) is 1. The van der Waals surface area contributed by atoms with Gasteiger partial charge in [-0.2, -0.15) is 12.7 Å². The molecule has 3 N–H and O–H groups in total. The van der Waals surface area contributed by atoms with Gasteiger partial charge in [-0.05, 0) is 25.0 Å². The second kappa shape index (κ2) is 6.72. The standard InChI is InChI=1S/C12H20FN3O2S/c1-3-7-16(8-4-2)19(17,18)15-12-9-10(13)5-6-11(12)14/h5-6,9,15H,3-4,7-8,14H2,1-2H3. The van der Waals surface area contributed by atoms with Gasteiger partial charge >= 0.3 is 10.2 Å². The molecule has 0 radical (unpaired) electrons. The first-order chi connectivity index (χ1) is 8.90. The highest BCUT2D eigenvalue weighted by Crippen LogP contribution is 2.21. The topological polar surface area (TPSA) is 75.4 Å². The Morgan fingerprint density at radius 1 is 1.26 bits per heavy atom. The normalized spacial score (nSPS) is 11.8. The van der Waals surface area contributed by atoms with E-state index in [9.17, 15) is 12.8 Å². The third-order valence-electron chi connectivity index (χ3n) is 2.54. The van der Waals surface area contributed by atoms with Crippen LogP contribution < -0.4 is 10.5 Å². The quantitative estimate of drug-likeness (QED) is 0.755. The number of nitrogens with two attached hydrogens (primary N) is 1. The van der Waals surface area contributed by atoms with E-state index in [1.165, 1.54) is 16.4 Å². The molecular formula is C12H20FN3O2S. The van der Waals surface area contributed by atoms with Crippen LogP contribution in [0, 0.1) is 5.82 Å². The zero-order valence-corrected chi connectivity index (χ0v) is 12.0. The molecule has 0 heterocycles. The van der Waals surface area contributed by atoms with Crippen LogP contribution in [-0.2, 0) is 10.2 Å². The maximum absolute atomic E-state index is 13.1. The van der Waals surface area contributed by atoms with Crippen molar-refractivity contribution in [1.29, 1.82) is 0 Å². The molecule has 0 saturated heterocycles. The Morgan fingerprint density at radius 3 is 2.37 bits per heavy atom. The van der Waals surface area contributed by atoms with Crippen molar-refractivity contribution in [2.45, 2.75) is 26.7 Å². The number of rotatable bonds is 7. The third kappa shape index (κ3) is 4.36. The summed E-state index contributed by atoms with van der Waals surface area (Å²) in [6.07, 6.45) is 1.42. The smallest absolute Gasteiger partial charge is 0.301 e. The van der Waals surface area contributed by atoms with Gasteiger partial charge in [-0.15, -0.1) is 0 Å². The Kier molecular flexibility index (Phi) is 5.56. The minimum atomic E-state index is -3.70. The Hall–Kier alpha value is -1.34. The van der Waals surface area contributed by atoms with Crippen molar-refractivity contribution in [3.05, 3.63) is 24.0 Å². The summed E-state index contributed by atoms with van der Waals surface area (Å²) in [5, 5.41) is 0. The van der Waals surface area contributed by atoms with E-state index >= 15 is 0 Å². The molecule has 0 aliphatic carbocycles. The van der Waals surface area contributed by atoms with Gasteiger partial charge in [0.25, 0.3) is 0 Å². The molecular weight excluding hydrogens is 269 g/mol. The van der Waals surface area contributed by atoms with E-state index in [2.05, 4.69) is 4.72 Å². The number of hydrogen-bond acceptors (Lipinski definition) is 3. The summed E-state index contributed by atoms with van der Waals surface area (Å²) in [6.45, 7) is 4.63. The van der Waals surface area contributed by atoms with Gasteiger partial charge in [0.2, 0.25) is 0 Å². The molecule has 0 fully saturated rings. The van der Waals surface area contributed by atoms with E-state index in [0.29, 0.717) is 25.9 Å². The molecule has 1 aromatic carbocycles. The molecule has 0 saturated carbocycles. The third-order valence-corrected chi connectivity index (χ3v) is 4.06. The van der Waals surface area contributed by atoms with Crippen LogP contribution >= 0.6 is 0 Å². The fourth-order valence-electron chi connectivity index (χ4n) is 1.67. The summed E-state index contributed by atoms with van der Waals surface area (Å²) in [6, 6.07) is 3.59. The number of nitrogen functional groups attached to an aromatic ring is 1. The zero-order chi connectivity index (χ0) is 14.5. The molecule has 0 unspecified atom stereocenters. The predicted molar refractivity (Wildman–Crippen MR) is 75.5 cm³/mol. The van der Waals surface area contributed by atoms with Gasteiger partial charge in [-0.1, -0.05) is 13.8 Å². The van der Waals surface area contributed by atoms with Crippen molar-refractivity contribution in [2.24, 2.45) is 0 Å². The van der Waals surface area contributed by atoms with Gasteiger partial charge in [0, 0.05) is 19.2 Å². The molecule has 0 aromatic heterocycles. The van der Waals surface area contributed by atoms with Crippen molar-refractivity contribution in [2.75, 3.05) is 23.5 Å². The average molecular weight is 289 g/mol. The number of nitrogens with zero attached hydrogens (tertiary/aromatic N) is 1. The van der Waals surface area contributed by atoms with Crippen molar-refractivity contribution < 1.29 is 12.8 Å².